The van der Waals surface area contributed by atoms with Crippen LogP contribution in [0.4, 0.5) is 4.39 Å². The van der Waals surface area contributed by atoms with Gasteiger partial charge in [-0.25, -0.2) is 4.39 Å². The van der Waals surface area contributed by atoms with Gasteiger partial charge in [-0.3, -0.25) is 9.78 Å². The van der Waals surface area contributed by atoms with E-state index in [0.29, 0.717) is 12.3 Å². The summed E-state index contributed by atoms with van der Waals surface area (Å²) in [5.74, 6) is 0.330. The second-order valence-corrected chi connectivity index (χ2v) is 7.53. The number of pyridine rings is 1. The Kier molecular flexibility index (Phi) is 5.00. The number of rotatable bonds is 4. The highest BCUT2D eigenvalue weighted by Gasteiger charge is 2.35. The zero-order valence-electron chi connectivity index (χ0n) is 15.0. The Hall–Kier alpha value is -2.23. The Bertz CT molecular complexity index is 768. The number of hydrogen-bond donors (Lipinski definition) is 0. The fourth-order valence-corrected chi connectivity index (χ4v) is 4.34. The molecule has 0 unspecified atom stereocenters. The molecule has 1 saturated carbocycles. The monoisotopic (exact) mass is 352 g/mol. The van der Waals surface area contributed by atoms with Crippen LogP contribution < -0.4 is 0 Å². The lowest BCUT2D eigenvalue weighted by atomic mass is 10.0. The Morgan fingerprint density at radius 2 is 1.81 bits per heavy atom. The summed E-state index contributed by atoms with van der Waals surface area (Å²) in [4.78, 5) is 19.8. The van der Waals surface area contributed by atoms with Gasteiger partial charge in [0.15, 0.2) is 0 Å². The minimum Gasteiger partial charge on any atom is -0.334 e. The van der Waals surface area contributed by atoms with Crippen molar-refractivity contribution in [1.29, 1.82) is 0 Å². The first-order chi connectivity index (χ1) is 12.7. The first-order valence-corrected chi connectivity index (χ1v) is 9.71. The zero-order chi connectivity index (χ0) is 17.9. The third-order valence-electron chi connectivity index (χ3n) is 5.71. The van der Waals surface area contributed by atoms with Crippen molar-refractivity contribution in [3.05, 3.63) is 65.2 Å². The number of hydrogen-bond acceptors (Lipinski definition) is 2. The van der Waals surface area contributed by atoms with Crippen molar-refractivity contribution in [2.24, 2.45) is 5.92 Å². The molecule has 2 heterocycles. The van der Waals surface area contributed by atoms with E-state index in [-0.39, 0.29) is 17.8 Å². The molecule has 4 heteroatoms. The predicted octanol–water partition coefficient (Wildman–Crippen LogP) is 4.67. The molecular weight excluding hydrogens is 327 g/mol. The molecule has 1 aliphatic heterocycles. The first-order valence-electron chi connectivity index (χ1n) is 9.71. The van der Waals surface area contributed by atoms with Crippen LogP contribution in [0.2, 0.25) is 0 Å². The number of benzene rings is 1. The fourth-order valence-electron chi connectivity index (χ4n) is 4.34. The zero-order valence-corrected chi connectivity index (χ0v) is 15.0. The lowest BCUT2D eigenvalue weighted by Crippen LogP contribution is -2.35. The van der Waals surface area contributed by atoms with Gasteiger partial charge in [-0.05, 0) is 55.5 Å². The third-order valence-corrected chi connectivity index (χ3v) is 5.71. The van der Waals surface area contributed by atoms with Crippen LogP contribution in [0.15, 0.2) is 42.5 Å². The minimum absolute atomic E-state index is 0.108. The van der Waals surface area contributed by atoms with Gasteiger partial charge in [0.25, 0.3) is 0 Å². The van der Waals surface area contributed by atoms with Gasteiger partial charge in [-0.1, -0.05) is 31.0 Å². The number of halogens is 1. The molecule has 1 aliphatic carbocycles. The maximum atomic E-state index is 13.1. The lowest BCUT2D eigenvalue weighted by molar-refractivity contribution is -0.136. The molecule has 0 spiro atoms. The largest absolute Gasteiger partial charge is 0.334 e. The molecule has 26 heavy (non-hydrogen) atoms. The van der Waals surface area contributed by atoms with E-state index < -0.39 is 0 Å². The molecule has 0 radical (unpaired) electrons. The fraction of sp³-hybridized carbons (Fsp3) is 0.455. The Morgan fingerprint density at radius 3 is 2.58 bits per heavy atom. The molecule has 2 aliphatic rings. The van der Waals surface area contributed by atoms with Crippen molar-refractivity contribution in [2.75, 3.05) is 6.54 Å². The Balaban J connectivity index is 1.51. The SMILES string of the molecule is O=C(C1CCCC1)N1CCC[C@@H]1c1cccc(Cc2ccc(F)cc2)n1. The Morgan fingerprint density at radius 1 is 1.04 bits per heavy atom. The van der Waals surface area contributed by atoms with E-state index in [1.54, 1.807) is 12.1 Å². The molecule has 1 amide bonds. The molecule has 3 nitrogen and oxygen atoms in total. The van der Waals surface area contributed by atoms with Gasteiger partial charge in [0, 0.05) is 24.6 Å². The van der Waals surface area contributed by atoms with Crippen LogP contribution in [0.1, 0.15) is 61.5 Å². The molecule has 2 fully saturated rings. The van der Waals surface area contributed by atoms with Crippen LogP contribution in [-0.4, -0.2) is 22.3 Å². The maximum Gasteiger partial charge on any atom is 0.226 e. The van der Waals surface area contributed by atoms with Crippen LogP contribution in [-0.2, 0) is 11.2 Å². The van der Waals surface area contributed by atoms with E-state index in [1.165, 1.54) is 25.0 Å². The van der Waals surface area contributed by atoms with E-state index in [1.807, 2.05) is 18.2 Å². The molecule has 1 atom stereocenters. The smallest absolute Gasteiger partial charge is 0.226 e. The van der Waals surface area contributed by atoms with Crippen LogP contribution in [0, 0.1) is 11.7 Å². The van der Waals surface area contributed by atoms with Gasteiger partial charge in [0.05, 0.1) is 11.7 Å². The highest BCUT2D eigenvalue weighted by molar-refractivity contribution is 5.79. The Labute approximate surface area is 154 Å². The predicted molar refractivity (Wildman–Crippen MR) is 99.1 cm³/mol. The number of carbonyl (C=O) groups is 1. The van der Waals surface area contributed by atoms with Crippen molar-refractivity contribution in [3.63, 3.8) is 0 Å². The van der Waals surface area contributed by atoms with E-state index in [4.69, 9.17) is 4.98 Å². The molecule has 1 saturated heterocycles. The van der Waals surface area contributed by atoms with Crippen LogP contribution in [0.5, 0.6) is 0 Å². The molecule has 136 valence electrons. The second kappa shape index (κ2) is 7.56. The summed E-state index contributed by atoms with van der Waals surface area (Å²) in [6.45, 7) is 0.851. The van der Waals surface area contributed by atoms with Gasteiger partial charge < -0.3 is 4.90 Å². The summed E-state index contributed by atoms with van der Waals surface area (Å²) in [6, 6.07) is 12.7. The van der Waals surface area contributed by atoms with E-state index in [2.05, 4.69) is 4.90 Å². The standard InChI is InChI=1S/C22H25FN2O/c23-18-12-10-16(11-13-18)15-19-7-3-8-20(24-19)21-9-4-14-25(21)22(26)17-5-1-2-6-17/h3,7-8,10-13,17,21H,1-2,4-6,9,14-15H2/t21-/m1/s1. The number of amides is 1. The van der Waals surface area contributed by atoms with Gasteiger partial charge in [0.1, 0.15) is 5.82 Å². The topological polar surface area (TPSA) is 33.2 Å². The minimum atomic E-state index is -0.220. The normalized spacial score (nSPS) is 20.7. The molecule has 2 aromatic rings. The van der Waals surface area contributed by atoms with Crippen molar-refractivity contribution >= 4 is 5.91 Å². The highest BCUT2D eigenvalue weighted by Crippen LogP contribution is 2.35. The summed E-state index contributed by atoms with van der Waals surface area (Å²) in [5, 5.41) is 0. The van der Waals surface area contributed by atoms with Crippen molar-refractivity contribution in [3.8, 4) is 0 Å². The second-order valence-electron chi connectivity index (χ2n) is 7.53. The molecule has 0 N–H and O–H groups in total. The number of carbonyl (C=O) groups excluding carboxylic acids is 1. The van der Waals surface area contributed by atoms with Gasteiger partial charge in [-0.15, -0.1) is 0 Å². The number of nitrogens with zero attached hydrogens (tertiary/aromatic N) is 2. The van der Waals surface area contributed by atoms with Crippen molar-refractivity contribution in [1.82, 2.24) is 9.88 Å². The molecule has 4 rings (SSSR count). The average Bonchev–Trinajstić information content (AvgIpc) is 3.35. The summed E-state index contributed by atoms with van der Waals surface area (Å²) < 4.78 is 13.1. The summed E-state index contributed by atoms with van der Waals surface area (Å²) >= 11 is 0. The van der Waals surface area contributed by atoms with Crippen LogP contribution in [0.25, 0.3) is 0 Å². The summed E-state index contributed by atoms with van der Waals surface area (Å²) in [7, 11) is 0. The van der Waals surface area contributed by atoms with Gasteiger partial charge >= 0.3 is 0 Å². The van der Waals surface area contributed by atoms with Gasteiger partial charge in [0.2, 0.25) is 5.91 Å². The molecule has 0 bridgehead atoms. The van der Waals surface area contributed by atoms with E-state index >= 15 is 0 Å². The van der Waals surface area contributed by atoms with Crippen LogP contribution >= 0.6 is 0 Å². The van der Waals surface area contributed by atoms with Crippen molar-refractivity contribution < 1.29 is 9.18 Å². The number of likely N-dealkylation sites (tertiary alicyclic amines) is 1. The van der Waals surface area contributed by atoms with Crippen LogP contribution in [0.3, 0.4) is 0 Å². The highest BCUT2D eigenvalue weighted by atomic mass is 19.1. The van der Waals surface area contributed by atoms with E-state index in [9.17, 15) is 9.18 Å². The summed E-state index contributed by atoms with van der Waals surface area (Å²) in [6.07, 6.45) is 7.16. The average molecular weight is 352 g/mol. The third kappa shape index (κ3) is 3.64. The molecular formula is C22H25FN2O. The van der Waals surface area contributed by atoms with Gasteiger partial charge in [-0.2, -0.15) is 0 Å². The number of aromatic nitrogens is 1. The van der Waals surface area contributed by atoms with E-state index in [0.717, 1.165) is 49.2 Å². The molecule has 1 aromatic heterocycles. The first kappa shape index (κ1) is 17.2. The molecule has 1 aromatic carbocycles. The summed E-state index contributed by atoms with van der Waals surface area (Å²) in [5.41, 5.74) is 3.00. The van der Waals surface area contributed by atoms with Crippen molar-refractivity contribution in [2.45, 2.75) is 51.0 Å². The lowest BCUT2D eigenvalue weighted by Gasteiger charge is -2.27. The quantitative estimate of drug-likeness (QED) is 0.801. The maximum absolute atomic E-state index is 13.1.